The molecule has 4 aromatic rings. The van der Waals surface area contributed by atoms with Gasteiger partial charge in [0, 0.05) is 43.2 Å². The van der Waals surface area contributed by atoms with Gasteiger partial charge in [0.2, 0.25) is 0 Å². The first kappa shape index (κ1) is 37.6. The Hall–Kier alpha value is -4.64. The quantitative estimate of drug-likeness (QED) is 0.167. The van der Waals surface area contributed by atoms with Crippen LogP contribution in [0.1, 0.15) is 56.0 Å². The summed E-state index contributed by atoms with van der Waals surface area (Å²) in [6.45, 7) is 8.08. The van der Waals surface area contributed by atoms with Crippen molar-refractivity contribution in [3.8, 4) is 11.5 Å². The molecule has 1 heterocycles. The number of carbonyl (C=O) groups excluding carboxylic acids is 2. The van der Waals surface area contributed by atoms with Crippen LogP contribution in [0.15, 0.2) is 84.9 Å². The number of hydrogen-bond acceptors (Lipinski definition) is 7. The highest BCUT2D eigenvalue weighted by atomic mass is 16.5. The average Bonchev–Trinajstić information content (AvgIpc) is 3.13. The van der Waals surface area contributed by atoms with E-state index >= 15 is 0 Å². The van der Waals surface area contributed by atoms with Crippen LogP contribution in [-0.4, -0.2) is 85.6 Å². The van der Waals surface area contributed by atoms with Crippen molar-refractivity contribution in [2.75, 3.05) is 51.1 Å². The van der Waals surface area contributed by atoms with E-state index in [1.807, 2.05) is 68.4 Å². The predicted molar refractivity (Wildman–Crippen MR) is 203 cm³/mol. The molecule has 0 aliphatic carbocycles. The van der Waals surface area contributed by atoms with Gasteiger partial charge in [0.1, 0.15) is 11.5 Å². The number of methoxy groups -OCH3 is 1. The first-order valence-electron chi connectivity index (χ1n) is 17.9. The molecule has 10 nitrogen and oxygen atoms in total. The molecule has 51 heavy (non-hydrogen) atoms. The van der Waals surface area contributed by atoms with Gasteiger partial charge in [-0.05, 0) is 87.5 Å². The number of hydrogen-bond donors (Lipinski definition) is 3. The van der Waals surface area contributed by atoms with Crippen LogP contribution in [0.5, 0.6) is 11.5 Å². The molecule has 272 valence electrons. The topological polar surface area (TPSA) is 113 Å². The number of benzene rings is 4. The zero-order valence-electron chi connectivity index (χ0n) is 30.4. The molecule has 4 aromatic carbocycles. The summed E-state index contributed by atoms with van der Waals surface area (Å²) in [7, 11) is 3.74. The summed E-state index contributed by atoms with van der Waals surface area (Å²) in [5.41, 5.74) is 2.62. The highest BCUT2D eigenvalue weighted by Crippen LogP contribution is 2.29. The highest BCUT2D eigenvalue weighted by Gasteiger charge is 2.30. The zero-order chi connectivity index (χ0) is 36.3. The van der Waals surface area contributed by atoms with Crippen molar-refractivity contribution in [2.45, 2.75) is 64.8 Å². The van der Waals surface area contributed by atoms with Crippen molar-refractivity contribution in [1.82, 2.24) is 9.80 Å². The lowest BCUT2D eigenvalue weighted by Crippen LogP contribution is -2.47. The Kier molecular flexibility index (Phi) is 13.3. The largest absolute Gasteiger partial charge is 0.497 e. The normalized spacial score (nSPS) is 19.5. The molecular formula is C41H52N4O6. The molecule has 10 heteroatoms. The second kappa shape index (κ2) is 18.0. The maximum atomic E-state index is 14.5. The molecule has 0 fully saturated rings. The second-order valence-corrected chi connectivity index (χ2v) is 13.7. The maximum absolute atomic E-state index is 14.5. The summed E-state index contributed by atoms with van der Waals surface area (Å²) in [5.74, 6) is 0.923. The fourth-order valence-corrected chi connectivity index (χ4v) is 6.50. The highest BCUT2D eigenvalue weighted by molar-refractivity contribution is 6.07. The van der Waals surface area contributed by atoms with E-state index in [2.05, 4.69) is 41.6 Å². The van der Waals surface area contributed by atoms with Crippen molar-refractivity contribution in [1.29, 1.82) is 0 Å². The van der Waals surface area contributed by atoms with Crippen molar-refractivity contribution < 1.29 is 28.9 Å². The minimum Gasteiger partial charge on any atom is -0.497 e. The summed E-state index contributed by atoms with van der Waals surface area (Å²) < 4.78 is 18.2. The molecule has 0 spiro atoms. The van der Waals surface area contributed by atoms with E-state index in [0.717, 1.165) is 42.3 Å². The number of aliphatic hydroxyl groups is 1. The fourth-order valence-electron chi connectivity index (χ4n) is 6.50. The number of rotatable bonds is 9. The van der Waals surface area contributed by atoms with Crippen molar-refractivity contribution in [3.63, 3.8) is 0 Å². The molecule has 3 amide bonds. The number of carbonyl (C=O) groups is 2. The summed E-state index contributed by atoms with van der Waals surface area (Å²) in [5, 5.41) is 18.1. The van der Waals surface area contributed by atoms with Gasteiger partial charge in [-0.1, -0.05) is 55.5 Å². The van der Waals surface area contributed by atoms with E-state index in [4.69, 9.17) is 14.2 Å². The summed E-state index contributed by atoms with van der Waals surface area (Å²) in [4.78, 5) is 31.7. The minimum atomic E-state index is -0.470. The third-order valence-electron chi connectivity index (χ3n) is 9.45. The van der Waals surface area contributed by atoms with Crippen LogP contribution in [0.3, 0.4) is 0 Å². The van der Waals surface area contributed by atoms with E-state index in [-0.39, 0.29) is 30.6 Å². The molecule has 4 atom stereocenters. The number of urea groups is 1. The van der Waals surface area contributed by atoms with Gasteiger partial charge in [-0.25, -0.2) is 4.79 Å². The van der Waals surface area contributed by atoms with Crippen molar-refractivity contribution in [2.24, 2.45) is 5.92 Å². The summed E-state index contributed by atoms with van der Waals surface area (Å²) in [6.07, 6.45) is 2.28. The van der Waals surface area contributed by atoms with Gasteiger partial charge in [0.15, 0.2) is 0 Å². The molecule has 0 radical (unpaired) electrons. The van der Waals surface area contributed by atoms with Crippen LogP contribution >= 0.6 is 0 Å². The number of nitrogens with zero attached hydrogens (tertiary/aromatic N) is 2. The van der Waals surface area contributed by atoms with Crippen LogP contribution in [0, 0.1) is 5.92 Å². The van der Waals surface area contributed by atoms with Crippen LogP contribution in [0.4, 0.5) is 16.2 Å². The average molecular weight is 697 g/mol. The number of nitrogens with one attached hydrogen (secondary N) is 2. The van der Waals surface area contributed by atoms with Gasteiger partial charge < -0.3 is 34.9 Å². The lowest BCUT2D eigenvalue weighted by atomic mass is 10.0. The lowest BCUT2D eigenvalue weighted by Gasteiger charge is -2.36. The Morgan fingerprint density at radius 3 is 2.55 bits per heavy atom. The second-order valence-electron chi connectivity index (χ2n) is 13.7. The first-order chi connectivity index (χ1) is 24.6. The van der Waals surface area contributed by atoms with Crippen molar-refractivity contribution in [3.05, 3.63) is 96.1 Å². The summed E-state index contributed by atoms with van der Waals surface area (Å²) in [6, 6.07) is 25.9. The van der Waals surface area contributed by atoms with E-state index in [9.17, 15) is 14.7 Å². The standard InChI is InChI=1S/C41H52N4O6/c1-28-24-45(29(2)27-46)40(47)36-23-33(42-41(48)43-37-15-10-13-32-12-6-7-14-35(32)37)18-21-38(36)51-30(3)11-8-9-22-50-39(28)26-44(4)25-31-16-19-34(49-5)20-17-31/h6-7,10,12-21,23,28-30,39,46H,8-9,11,22,24-27H2,1-5H3,(H2,42,43,48)/t28-,29+,30+,39-/m0/s1. The Labute approximate surface area is 301 Å². The van der Waals surface area contributed by atoms with E-state index in [1.165, 1.54) is 5.56 Å². The van der Waals surface area contributed by atoms with Crippen molar-refractivity contribution >= 4 is 34.1 Å². The van der Waals surface area contributed by atoms with Gasteiger partial charge in [-0.15, -0.1) is 0 Å². The number of anilines is 2. The van der Waals surface area contributed by atoms with Crippen LogP contribution < -0.4 is 20.1 Å². The Morgan fingerprint density at radius 2 is 1.78 bits per heavy atom. The third kappa shape index (κ3) is 10.2. The molecule has 5 rings (SSSR count). The number of amides is 3. The molecule has 0 saturated carbocycles. The van der Waals surface area contributed by atoms with Gasteiger partial charge in [-0.2, -0.15) is 0 Å². The molecule has 1 aliphatic heterocycles. The Bertz CT molecular complexity index is 1740. The molecule has 0 unspecified atom stereocenters. The molecule has 3 N–H and O–H groups in total. The number of fused-ring (bicyclic) bond motifs is 2. The maximum Gasteiger partial charge on any atom is 0.323 e. The first-order valence-corrected chi connectivity index (χ1v) is 17.9. The van der Waals surface area contributed by atoms with E-state index in [1.54, 1.807) is 30.2 Å². The third-order valence-corrected chi connectivity index (χ3v) is 9.45. The molecule has 0 bridgehead atoms. The van der Waals surface area contributed by atoms with Gasteiger partial charge in [0.05, 0.1) is 43.2 Å². The van der Waals surface area contributed by atoms with E-state index in [0.29, 0.717) is 42.4 Å². The Balaban J connectivity index is 1.37. The van der Waals surface area contributed by atoms with Crippen LogP contribution in [-0.2, 0) is 11.3 Å². The smallest absolute Gasteiger partial charge is 0.323 e. The number of ether oxygens (including phenoxy) is 3. The van der Waals surface area contributed by atoms with Gasteiger partial charge in [0.25, 0.3) is 5.91 Å². The fraction of sp³-hybridized carbons (Fsp3) is 0.415. The predicted octanol–water partition coefficient (Wildman–Crippen LogP) is 7.42. The van der Waals surface area contributed by atoms with Crippen LogP contribution in [0.25, 0.3) is 10.8 Å². The molecule has 1 aliphatic rings. The van der Waals surface area contributed by atoms with Gasteiger partial charge >= 0.3 is 6.03 Å². The Morgan fingerprint density at radius 1 is 1.02 bits per heavy atom. The van der Waals surface area contributed by atoms with E-state index < -0.39 is 12.1 Å². The monoisotopic (exact) mass is 696 g/mol. The summed E-state index contributed by atoms with van der Waals surface area (Å²) >= 11 is 0. The van der Waals surface area contributed by atoms with Gasteiger partial charge in [-0.3, -0.25) is 9.69 Å². The SMILES string of the molecule is COc1ccc(CN(C)C[C@@H]2OCCCC[C@@H](C)Oc3ccc(NC(=O)Nc4cccc5ccccc45)cc3C(=O)N([C@H](C)CO)C[C@@H]2C)cc1. The number of likely N-dealkylation sites (N-methyl/N-ethyl adjacent to an activating group) is 1. The lowest BCUT2D eigenvalue weighted by molar-refractivity contribution is -0.0177. The molecule has 0 saturated heterocycles. The molecular weight excluding hydrogens is 644 g/mol. The zero-order valence-corrected chi connectivity index (χ0v) is 30.4. The molecule has 0 aromatic heterocycles. The minimum absolute atomic E-state index is 0.0553. The van der Waals surface area contributed by atoms with Crippen LogP contribution in [0.2, 0.25) is 0 Å². The number of aliphatic hydroxyl groups excluding tert-OH is 1.